The van der Waals surface area contributed by atoms with Gasteiger partial charge in [-0.1, -0.05) is 20.8 Å². The average molecular weight is 146 g/mol. The SMILES string of the molecule is CC(C)CC(C)CCP. The standard InChI is InChI=1S/C8H19P/c1-7(2)6-8(3)4-5-9/h7-8H,4-6,9H2,1-3H3. The van der Waals surface area contributed by atoms with E-state index in [9.17, 15) is 0 Å². The van der Waals surface area contributed by atoms with Gasteiger partial charge in [-0.15, -0.1) is 9.24 Å². The Kier molecular flexibility index (Phi) is 5.48. The summed E-state index contributed by atoms with van der Waals surface area (Å²) in [6.45, 7) is 6.92. The Hall–Kier alpha value is 0.430. The van der Waals surface area contributed by atoms with Crippen molar-refractivity contribution in [2.24, 2.45) is 11.8 Å². The molecule has 0 aromatic heterocycles. The third kappa shape index (κ3) is 6.31. The molecule has 56 valence electrons. The summed E-state index contributed by atoms with van der Waals surface area (Å²) in [5.74, 6) is 1.79. The summed E-state index contributed by atoms with van der Waals surface area (Å²) in [7, 11) is 2.78. The quantitative estimate of drug-likeness (QED) is 0.535. The Morgan fingerprint density at radius 1 is 1.22 bits per heavy atom. The Morgan fingerprint density at radius 2 is 1.78 bits per heavy atom. The molecule has 0 aromatic rings. The smallest absolute Gasteiger partial charge is 0.0379 e. The van der Waals surface area contributed by atoms with E-state index in [2.05, 4.69) is 30.0 Å². The lowest BCUT2D eigenvalue weighted by atomic mass is 9.97. The highest BCUT2D eigenvalue weighted by atomic mass is 31.0. The molecule has 0 fully saturated rings. The van der Waals surface area contributed by atoms with Gasteiger partial charge in [-0.3, -0.25) is 0 Å². The lowest BCUT2D eigenvalue weighted by molar-refractivity contribution is 0.431. The van der Waals surface area contributed by atoms with Crippen molar-refractivity contribution >= 4 is 9.24 Å². The third-order valence-electron chi connectivity index (χ3n) is 1.53. The van der Waals surface area contributed by atoms with Crippen LogP contribution in [0.15, 0.2) is 0 Å². The topological polar surface area (TPSA) is 0 Å². The van der Waals surface area contributed by atoms with E-state index >= 15 is 0 Å². The molecule has 0 aliphatic heterocycles. The minimum absolute atomic E-state index is 0.872. The van der Waals surface area contributed by atoms with Gasteiger partial charge in [0.2, 0.25) is 0 Å². The fourth-order valence-corrected chi connectivity index (χ4v) is 1.78. The number of rotatable bonds is 4. The van der Waals surface area contributed by atoms with Crippen LogP contribution in [0.2, 0.25) is 0 Å². The fourth-order valence-electron chi connectivity index (χ4n) is 1.21. The van der Waals surface area contributed by atoms with E-state index < -0.39 is 0 Å². The van der Waals surface area contributed by atoms with Gasteiger partial charge in [0.15, 0.2) is 0 Å². The molecule has 0 nitrogen and oxygen atoms in total. The summed E-state index contributed by atoms with van der Waals surface area (Å²) in [5, 5.41) is 0. The van der Waals surface area contributed by atoms with Crippen LogP contribution in [0.25, 0.3) is 0 Å². The second-order valence-electron chi connectivity index (χ2n) is 3.31. The molecule has 0 spiro atoms. The molecule has 9 heavy (non-hydrogen) atoms. The molecule has 2 atom stereocenters. The zero-order valence-corrected chi connectivity index (χ0v) is 8.01. The fraction of sp³-hybridized carbons (Fsp3) is 1.00. The molecule has 0 heterocycles. The molecule has 0 aromatic carbocycles. The molecule has 0 N–H and O–H groups in total. The highest BCUT2D eigenvalue weighted by Crippen LogP contribution is 2.14. The van der Waals surface area contributed by atoms with Crippen LogP contribution < -0.4 is 0 Å². The second kappa shape index (κ2) is 5.23. The van der Waals surface area contributed by atoms with Gasteiger partial charge in [0.25, 0.3) is 0 Å². The van der Waals surface area contributed by atoms with Gasteiger partial charge in [0.05, 0.1) is 0 Å². The van der Waals surface area contributed by atoms with Crippen molar-refractivity contribution < 1.29 is 0 Å². The Labute approximate surface area is 61.6 Å². The summed E-state index contributed by atoms with van der Waals surface area (Å²) >= 11 is 0. The van der Waals surface area contributed by atoms with E-state index in [1.54, 1.807) is 0 Å². The molecule has 0 amide bonds. The van der Waals surface area contributed by atoms with Gasteiger partial charge in [-0.05, 0) is 30.8 Å². The monoisotopic (exact) mass is 146 g/mol. The zero-order chi connectivity index (χ0) is 7.28. The van der Waals surface area contributed by atoms with Gasteiger partial charge < -0.3 is 0 Å². The van der Waals surface area contributed by atoms with Crippen molar-refractivity contribution in [2.75, 3.05) is 6.16 Å². The molecule has 0 aliphatic rings. The number of hydrogen-bond donors (Lipinski definition) is 0. The first-order chi connectivity index (χ1) is 4.16. The van der Waals surface area contributed by atoms with Gasteiger partial charge >= 0.3 is 0 Å². The van der Waals surface area contributed by atoms with Crippen LogP contribution in [-0.4, -0.2) is 6.16 Å². The Balaban J connectivity index is 3.15. The third-order valence-corrected chi connectivity index (χ3v) is 1.87. The van der Waals surface area contributed by atoms with Gasteiger partial charge in [-0.2, -0.15) is 0 Å². The van der Waals surface area contributed by atoms with Gasteiger partial charge in [0.1, 0.15) is 0 Å². The van der Waals surface area contributed by atoms with Crippen molar-refractivity contribution in [2.45, 2.75) is 33.6 Å². The van der Waals surface area contributed by atoms with Crippen molar-refractivity contribution in [3.63, 3.8) is 0 Å². The maximum Gasteiger partial charge on any atom is -0.0379 e. The van der Waals surface area contributed by atoms with Crippen LogP contribution in [0.4, 0.5) is 0 Å². The average Bonchev–Trinajstić information content (AvgIpc) is 1.63. The molecule has 1 heteroatoms. The van der Waals surface area contributed by atoms with Crippen LogP contribution in [0.1, 0.15) is 33.6 Å². The molecular formula is C8H19P. The largest absolute Gasteiger partial charge is 0.138 e. The Bertz CT molecular complexity index is 59.6. The summed E-state index contributed by atoms with van der Waals surface area (Å²) in [4.78, 5) is 0. The van der Waals surface area contributed by atoms with E-state index in [0.717, 1.165) is 11.8 Å². The second-order valence-corrected chi connectivity index (χ2v) is 3.89. The van der Waals surface area contributed by atoms with E-state index in [1.165, 1.54) is 19.0 Å². The lowest BCUT2D eigenvalue weighted by Crippen LogP contribution is -1.99. The van der Waals surface area contributed by atoms with Crippen molar-refractivity contribution in [1.29, 1.82) is 0 Å². The predicted octanol–water partition coefficient (Wildman–Crippen LogP) is 2.93. The molecule has 0 bridgehead atoms. The van der Waals surface area contributed by atoms with Crippen LogP contribution >= 0.6 is 9.24 Å². The van der Waals surface area contributed by atoms with E-state index in [-0.39, 0.29) is 0 Å². The van der Waals surface area contributed by atoms with Crippen LogP contribution in [0.5, 0.6) is 0 Å². The first kappa shape index (κ1) is 9.43. The Morgan fingerprint density at radius 3 is 2.11 bits per heavy atom. The summed E-state index contributed by atoms with van der Waals surface area (Å²) in [6.07, 6.45) is 4.01. The predicted molar refractivity (Wildman–Crippen MR) is 47.8 cm³/mol. The zero-order valence-electron chi connectivity index (χ0n) is 6.85. The first-order valence-electron chi connectivity index (χ1n) is 3.87. The normalized spacial score (nSPS) is 14.3. The first-order valence-corrected chi connectivity index (χ1v) is 4.68. The van der Waals surface area contributed by atoms with Crippen LogP contribution in [0.3, 0.4) is 0 Å². The maximum atomic E-state index is 2.78. The molecule has 0 rings (SSSR count). The summed E-state index contributed by atoms with van der Waals surface area (Å²) < 4.78 is 0. The lowest BCUT2D eigenvalue weighted by Gasteiger charge is -2.11. The number of hydrogen-bond acceptors (Lipinski definition) is 0. The molecule has 0 radical (unpaired) electrons. The summed E-state index contributed by atoms with van der Waals surface area (Å²) in [6, 6.07) is 0. The maximum absolute atomic E-state index is 2.78. The van der Waals surface area contributed by atoms with E-state index in [1.807, 2.05) is 0 Å². The van der Waals surface area contributed by atoms with Crippen molar-refractivity contribution in [3.8, 4) is 0 Å². The molecular weight excluding hydrogens is 127 g/mol. The van der Waals surface area contributed by atoms with Crippen LogP contribution in [-0.2, 0) is 0 Å². The molecule has 0 saturated heterocycles. The minimum atomic E-state index is 0.872. The van der Waals surface area contributed by atoms with Crippen molar-refractivity contribution in [1.82, 2.24) is 0 Å². The van der Waals surface area contributed by atoms with Crippen LogP contribution in [0, 0.1) is 11.8 Å². The van der Waals surface area contributed by atoms with Gasteiger partial charge in [-0.25, -0.2) is 0 Å². The van der Waals surface area contributed by atoms with Gasteiger partial charge in [0, 0.05) is 0 Å². The highest BCUT2D eigenvalue weighted by molar-refractivity contribution is 7.16. The molecule has 0 saturated carbocycles. The molecule has 0 aliphatic carbocycles. The highest BCUT2D eigenvalue weighted by Gasteiger charge is 2.02. The summed E-state index contributed by atoms with van der Waals surface area (Å²) in [5.41, 5.74) is 0. The minimum Gasteiger partial charge on any atom is -0.138 e. The van der Waals surface area contributed by atoms with Crippen molar-refractivity contribution in [3.05, 3.63) is 0 Å². The van der Waals surface area contributed by atoms with E-state index in [0.29, 0.717) is 0 Å². The molecule has 2 unspecified atom stereocenters. The van der Waals surface area contributed by atoms with E-state index in [4.69, 9.17) is 0 Å².